The maximum atomic E-state index is 10.2. The molecule has 1 N–H and O–H groups in total. The van der Waals surface area contributed by atoms with Crippen LogP contribution in [-0.4, -0.2) is 28.8 Å². The second-order valence-corrected chi connectivity index (χ2v) is 2.87. The van der Waals surface area contributed by atoms with Crippen LogP contribution in [0.4, 0.5) is 0 Å². The third-order valence-corrected chi connectivity index (χ3v) is 1.25. The number of rotatable bonds is 3. The minimum absolute atomic E-state index is 0.190. The molecule has 0 radical (unpaired) electrons. The number of carboxylic acid groups (broad SMARTS) is 1. The van der Waals surface area contributed by atoms with Crippen LogP contribution in [0.2, 0.25) is 4.59 Å². The van der Waals surface area contributed by atoms with E-state index in [0.717, 1.165) is 6.42 Å². The van der Waals surface area contributed by atoms with Gasteiger partial charge >= 0.3 is 64.4 Å². The molecule has 2 unspecified atom stereocenters. The maximum absolute atomic E-state index is 10.2. The van der Waals surface area contributed by atoms with E-state index < -0.39 is 5.97 Å². The second-order valence-electron chi connectivity index (χ2n) is 2.87. The van der Waals surface area contributed by atoms with Crippen LogP contribution in [0.25, 0.3) is 0 Å². The Bertz CT molecular complexity index is 101. The number of aliphatic carboxylic acids is 1. The fourth-order valence-corrected chi connectivity index (χ4v) is 0.808. The molecular formula is C6H11LiO2. The van der Waals surface area contributed by atoms with Crippen molar-refractivity contribution in [3.05, 3.63) is 0 Å². The molecule has 2 nitrogen and oxygen atoms in total. The monoisotopic (exact) mass is 122 g/mol. The predicted octanol–water partition coefficient (Wildman–Crippen LogP) is 1.07. The summed E-state index contributed by atoms with van der Waals surface area (Å²) in [6.07, 6.45) is 0.773. The topological polar surface area (TPSA) is 37.3 Å². The average Bonchev–Trinajstić information content (AvgIpc) is 1.63. The van der Waals surface area contributed by atoms with Crippen molar-refractivity contribution in [3.8, 4) is 0 Å². The summed E-state index contributed by atoms with van der Waals surface area (Å²) in [5, 5.41) is 8.43. The summed E-state index contributed by atoms with van der Waals surface area (Å²) in [5.41, 5.74) is 0. The molecule has 2 atom stereocenters. The van der Waals surface area contributed by atoms with E-state index in [1.807, 2.05) is 24.6 Å². The van der Waals surface area contributed by atoms with Crippen LogP contribution < -0.4 is 0 Å². The number of carboxylic acids is 1. The van der Waals surface area contributed by atoms with Crippen molar-refractivity contribution in [3.63, 3.8) is 0 Å². The van der Waals surface area contributed by atoms with Crippen molar-refractivity contribution in [2.75, 3.05) is 0 Å². The van der Waals surface area contributed by atoms with Crippen LogP contribution in [0.3, 0.4) is 0 Å². The standard InChI is InChI=1S/C6H11O2.Li/c1-3-4-5(2)6(7)8;/h3,5H,4H2,1-2H3,(H,7,8);. The van der Waals surface area contributed by atoms with Crippen LogP contribution in [0.5, 0.6) is 0 Å². The molecule has 3 heteroatoms. The Labute approximate surface area is 64.8 Å². The zero-order chi connectivity index (χ0) is 7.44. The zero-order valence-electron chi connectivity index (χ0n) is 6.22. The van der Waals surface area contributed by atoms with Gasteiger partial charge in [0.1, 0.15) is 0 Å². The van der Waals surface area contributed by atoms with Gasteiger partial charge < -0.3 is 0 Å². The number of carbonyl (C=O) groups is 1. The van der Waals surface area contributed by atoms with E-state index >= 15 is 0 Å². The fraction of sp³-hybridized carbons (Fsp3) is 0.833. The molecule has 0 heterocycles. The van der Waals surface area contributed by atoms with E-state index in [2.05, 4.69) is 0 Å². The Morgan fingerprint density at radius 1 is 1.67 bits per heavy atom. The summed E-state index contributed by atoms with van der Waals surface area (Å²) in [6.45, 7) is 3.77. The van der Waals surface area contributed by atoms with E-state index in [0.29, 0.717) is 4.59 Å². The predicted molar refractivity (Wildman–Crippen MR) is 36.6 cm³/mol. The van der Waals surface area contributed by atoms with Gasteiger partial charge in [0, 0.05) is 0 Å². The molecule has 0 aliphatic heterocycles. The Hall–Kier alpha value is 0.0674. The Kier molecular flexibility index (Phi) is 4.01. The SMILES string of the molecule is [Li][CH](C)CC(C)C(=O)O. The van der Waals surface area contributed by atoms with Gasteiger partial charge in [-0.05, 0) is 0 Å². The third-order valence-electron chi connectivity index (χ3n) is 1.25. The van der Waals surface area contributed by atoms with Crippen molar-refractivity contribution in [1.29, 1.82) is 0 Å². The van der Waals surface area contributed by atoms with Gasteiger partial charge in [0.25, 0.3) is 0 Å². The molecule has 0 fully saturated rings. The van der Waals surface area contributed by atoms with E-state index in [1.165, 1.54) is 0 Å². The summed E-state index contributed by atoms with van der Waals surface area (Å²) < 4.78 is 0.482. The molecule has 0 amide bonds. The summed E-state index contributed by atoms with van der Waals surface area (Å²) in [6, 6.07) is 0. The molecule has 0 aromatic rings. The van der Waals surface area contributed by atoms with Crippen LogP contribution in [0.1, 0.15) is 20.3 Å². The van der Waals surface area contributed by atoms with Gasteiger partial charge in [-0.2, -0.15) is 0 Å². The molecule has 48 valence electrons. The van der Waals surface area contributed by atoms with Gasteiger partial charge in [0.05, 0.1) is 0 Å². The van der Waals surface area contributed by atoms with E-state index in [1.54, 1.807) is 6.92 Å². The van der Waals surface area contributed by atoms with Gasteiger partial charge in [0.2, 0.25) is 0 Å². The fourth-order valence-electron chi connectivity index (χ4n) is 0.808. The molecule has 0 rings (SSSR count). The van der Waals surface area contributed by atoms with Crippen LogP contribution >= 0.6 is 0 Å². The molecule has 0 aliphatic rings. The third kappa shape index (κ3) is 4.56. The van der Waals surface area contributed by atoms with Gasteiger partial charge in [0.15, 0.2) is 0 Å². The van der Waals surface area contributed by atoms with Crippen LogP contribution in [-0.2, 0) is 4.79 Å². The van der Waals surface area contributed by atoms with Crippen LogP contribution in [0.15, 0.2) is 0 Å². The number of hydrogen-bond acceptors (Lipinski definition) is 1. The Morgan fingerprint density at radius 3 is 2.22 bits per heavy atom. The molecule has 0 aliphatic carbocycles. The van der Waals surface area contributed by atoms with Crippen molar-refractivity contribution in [2.24, 2.45) is 5.92 Å². The van der Waals surface area contributed by atoms with Gasteiger partial charge in [-0.25, -0.2) is 0 Å². The first-order valence-electron chi connectivity index (χ1n) is 3.26. The van der Waals surface area contributed by atoms with Gasteiger partial charge in [-0.1, -0.05) is 0 Å². The molecule has 0 bridgehead atoms. The molecule has 0 spiro atoms. The van der Waals surface area contributed by atoms with E-state index in [4.69, 9.17) is 5.11 Å². The Morgan fingerprint density at radius 2 is 2.11 bits per heavy atom. The molecule has 0 aromatic heterocycles. The van der Waals surface area contributed by atoms with Gasteiger partial charge in [-0.3, -0.25) is 0 Å². The first kappa shape index (κ1) is 9.07. The molecule has 0 aromatic carbocycles. The normalized spacial score (nSPS) is 16.9. The van der Waals surface area contributed by atoms with Crippen molar-refractivity contribution < 1.29 is 9.90 Å². The second kappa shape index (κ2) is 3.98. The van der Waals surface area contributed by atoms with E-state index in [9.17, 15) is 4.79 Å². The van der Waals surface area contributed by atoms with E-state index in [-0.39, 0.29) is 5.92 Å². The minimum atomic E-state index is -0.691. The summed E-state index contributed by atoms with van der Waals surface area (Å²) in [4.78, 5) is 10.2. The van der Waals surface area contributed by atoms with Crippen LogP contribution in [0, 0.1) is 5.92 Å². The zero-order valence-corrected chi connectivity index (χ0v) is 6.22. The average molecular weight is 122 g/mol. The summed E-state index contributed by atoms with van der Waals surface area (Å²) >= 11 is 2.03. The molecule has 0 saturated heterocycles. The summed E-state index contributed by atoms with van der Waals surface area (Å²) in [7, 11) is 0. The summed E-state index contributed by atoms with van der Waals surface area (Å²) in [5.74, 6) is -0.881. The van der Waals surface area contributed by atoms with Gasteiger partial charge in [-0.15, -0.1) is 0 Å². The Balaban J connectivity index is 3.50. The van der Waals surface area contributed by atoms with Crippen molar-refractivity contribution in [2.45, 2.75) is 24.9 Å². The molecule has 0 saturated carbocycles. The van der Waals surface area contributed by atoms with Crippen molar-refractivity contribution in [1.82, 2.24) is 0 Å². The first-order chi connectivity index (χ1) is 4.04. The molecule has 9 heavy (non-hydrogen) atoms. The van der Waals surface area contributed by atoms with Crippen molar-refractivity contribution >= 4 is 23.7 Å². The number of hydrogen-bond donors (Lipinski definition) is 1. The molecular weight excluding hydrogens is 111 g/mol. The quantitative estimate of drug-likeness (QED) is 0.568. The first-order valence-corrected chi connectivity index (χ1v) is 3.26.